The lowest BCUT2D eigenvalue weighted by Gasteiger charge is -2.21. The molecule has 4 heteroatoms. The van der Waals surface area contributed by atoms with Gasteiger partial charge in [-0.05, 0) is 31.0 Å². The number of anilines is 1. The summed E-state index contributed by atoms with van der Waals surface area (Å²) in [6.07, 6.45) is 0.524. The van der Waals surface area contributed by atoms with Crippen molar-refractivity contribution in [1.29, 1.82) is 0 Å². The van der Waals surface area contributed by atoms with Gasteiger partial charge in [0.05, 0.1) is 0 Å². The summed E-state index contributed by atoms with van der Waals surface area (Å²) in [5.41, 5.74) is 3.74. The van der Waals surface area contributed by atoms with Gasteiger partial charge in [-0.15, -0.1) is 0 Å². The molecule has 1 aromatic rings. The Morgan fingerprint density at radius 1 is 1.25 bits per heavy atom. The van der Waals surface area contributed by atoms with Crippen molar-refractivity contribution in [2.45, 2.75) is 32.9 Å². The van der Waals surface area contributed by atoms with Gasteiger partial charge in [0, 0.05) is 52.9 Å². The first-order chi connectivity index (χ1) is 9.31. The number of nitrogens with one attached hydrogen (secondary N) is 1. The van der Waals surface area contributed by atoms with Gasteiger partial charge in [0.25, 0.3) is 0 Å². The second-order valence-electron chi connectivity index (χ2n) is 5.80. The average Bonchev–Trinajstić information content (AvgIpc) is 2.36. The highest BCUT2D eigenvalue weighted by atomic mass is 16.2. The Kier molecular flexibility index (Phi) is 6.02. The van der Waals surface area contributed by atoms with Gasteiger partial charge in [0.15, 0.2) is 0 Å². The lowest BCUT2D eigenvalue weighted by atomic mass is 10.1. The molecule has 0 aliphatic carbocycles. The summed E-state index contributed by atoms with van der Waals surface area (Å²) in [5, 5.41) is 3.43. The zero-order valence-corrected chi connectivity index (χ0v) is 13.5. The Morgan fingerprint density at radius 3 is 2.45 bits per heavy atom. The first-order valence-electron chi connectivity index (χ1n) is 7.01. The summed E-state index contributed by atoms with van der Waals surface area (Å²) in [6.45, 7) is 4.92. The number of aryl methyl sites for hydroxylation is 1. The molecule has 0 radical (unpaired) electrons. The van der Waals surface area contributed by atoms with Crippen molar-refractivity contribution in [2.24, 2.45) is 0 Å². The Labute approximate surface area is 122 Å². The standard InChI is InChI=1S/C16H27N3O/c1-12-7-8-14(15(9-12)18(3)4)11-17-13(2)10-16(20)19(5)6/h7-9,13,17H,10-11H2,1-6H3/t13-/m0/s1. The molecule has 1 atom stereocenters. The zero-order chi connectivity index (χ0) is 15.3. The Balaban J connectivity index is 2.63. The molecule has 0 aromatic heterocycles. The second kappa shape index (κ2) is 7.29. The van der Waals surface area contributed by atoms with Crippen molar-refractivity contribution in [3.05, 3.63) is 29.3 Å². The van der Waals surface area contributed by atoms with Crippen LogP contribution in [0.25, 0.3) is 0 Å². The highest BCUT2D eigenvalue weighted by Crippen LogP contribution is 2.20. The lowest BCUT2D eigenvalue weighted by molar-refractivity contribution is -0.129. The molecule has 0 unspecified atom stereocenters. The van der Waals surface area contributed by atoms with Crippen molar-refractivity contribution >= 4 is 11.6 Å². The molecule has 0 aliphatic rings. The van der Waals surface area contributed by atoms with E-state index in [1.165, 1.54) is 16.8 Å². The first kappa shape index (κ1) is 16.5. The van der Waals surface area contributed by atoms with Crippen LogP contribution >= 0.6 is 0 Å². The van der Waals surface area contributed by atoms with E-state index < -0.39 is 0 Å². The molecule has 1 aromatic carbocycles. The summed E-state index contributed by atoms with van der Waals surface area (Å²) in [6, 6.07) is 6.63. The number of hydrogen-bond donors (Lipinski definition) is 1. The maximum atomic E-state index is 11.7. The Bertz CT molecular complexity index is 455. The average molecular weight is 277 g/mol. The molecule has 4 nitrogen and oxygen atoms in total. The van der Waals surface area contributed by atoms with Crippen LogP contribution < -0.4 is 10.2 Å². The number of rotatable bonds is 6. The number of benzene rings is 1. The molecular weight excluding hydrogens is 250 g/mol. The fourth-order valence-corrected chi connectivity index (χ4v) is 2.04. The van der Waals surface area contributed by atoms with E-state index in [4.69, 9.17) is 0 Å². The third kappa shape index (κ3) is 4.85. The van der Waals surface area contributed by atoms with E-state index in [1.807, 2.05) is 6.92 Å². The van der Waals surface area contributed by atoms with Crippen LogP contribution in [0.15, 0.2) is 18.2 Å². The Hall–Kier alpha value is -1.55. The van der Waals surface area contributed by atoms with E-state index in [9.17, 15) is 4.79 Å². The molecule has 20 heavy (non-hydrogen) atoms. The third-order valence-electron chi connectivity index (χ3n) is 3.34. The summed E-state index contributed by atoms with van der Waals surface area (Å²) in [4.78, 5) is 15.4. The van der Waals surface area contributed by atoms with Gasteiger partial charge in [-0.1, -0.05) is 12.1 Å². The molecule has 0 spiro atoms. The monoisotopic (exact) mass is 277 g/mol. The minimum absolute atomic E-state index is 0.154. The van der Waals surface area contributed by atoms with Crippen molar-refractivity contribution in [3.8, 4) is 0 Å². The van der Waals surface area contributed by atoms with Crippen LogP contribution in [0.4, 0.5) is 5.69 Å². The molecule has 1 N–H and O–H groups in total. The Morgan fingerprint density at radius 2 is 1.90 bits per heavy atom. The molecule has 112 valence electrons. The van der Waals surface area contributed by atoms with Gasteiger partial charge in [-0.2, -0.15) is 0 Å². The van der Waals surface area contributed by atoms with E-state index in [2.05, 4.69) is 49.4 Å². The number of hydrogen-bond acceptors (Lipinski definition) is 3. The molecule has 0 bridgehead atoms. The van der Waals surface area contributed by atoms with E-state index >= 15 is 0 Å². The van der Waals surface area contributed by atoms with Gasteiger partial charge < -0.3 is 15.1 Å². The summed E-state index contributed by atoms with van der Waals surface area (Å²) < 4.78 is 0. The smallest absolute Gasteiger partial charge is 0.223 e. The van der Waals surface area contributed by atoms with Crippen molar-refractivity contribution in [3.63, 3.8) is 0 Å². The molecule has 0 heterocycles. The van der Waals surface area contributed by atoms with Crippen LogP contribution in [-0.4, -0.2) is 45.0 Å². The van der Waals surface area contributed by atoms with Crippen LogP contribution in [0, 0.1) is 6.92 Å². The minimum Gasteiger partial charge on any atom is -0.377 e. The highest BCUT2D eigenvalue weighted by Gasteiger charge is 2.11. The number of nitrogens with zero attached hydrogens (tertiary/aromatic N) is 2. The lowest BCUT2D eigenvalue weighted by Crippen LogP contribution is -2.33. The first-order valence-corrected chi connectivity index (χ1v) is 7.01. The van der Waals surface area contributed by atoms with Gasteiger partial charge in [-0.3, -0.25) is 4.79 Å². The van der Waals surface area contributed by atoms with Gasteiger partial charge in [-0.25, -0.2) is 0 Å². The zero-order valence-electron chi connectivity index (χ0n) is 13.5. The largest absolute Gasteiger partial charge is 0.377 e. The molecule has 1 amide bonds. The molecule has 0 aliphatic heterocycles. The molecule has 1 rings (SSSR count). The third-order valence-corrected chi connectivity index (χ3v) is 3.34. The van der Waals surface area contributed by atoms with E-state index in [0.717, 1.165) is 6.54 Å². The summed E-state index contributed by atoms with van der Waals surface area (Å²) >= 11 is 0. The fourth-order valence-electron chi connectivity index (χ4n) is 2.04. The second-order valence-corrected chi connectivity index (χ2v) is 5.80. The van der Waals surface area contributed by atoms with E-state index in [1.54, 1.807) is 19.0 Å². The van der Waals surface area contributed by atoms with Crippen molar-refractivity contribution in [1.82, 2.24) is 10.2 Å². The summed E-state index contributed by atoms with van der Waals surface area (Å²) in [5.74, 6) is 0.154. The van der Waals surface area contributed by atoms with Crippen LogP contribution in [0.1, 0.15) is 24.5 Å². The molecule has 0 saturated heterocycles. The normalized spacial score (nSPS) is 12.1. The van der Waals surface area contributed by atoms with Crippen molar-refractivity contribution < 1.29 is 4.79 Å². The van der Waals surface area contributed by atoms with Gasteiger partial charge in [0.1, 0.15) is 0 Å². The van der Waals surface area contributed by atoms with E-state index in [0.29, 0.717) is 6.42 Å². The SMILES string of the molecule is Cc1ccc(CN[C@@H](C)CC(=O)N(C)C)c(N(C)C)c1. The van der Waals surface area contributed by atoms with Crippen LogP contribution in [0.5, 0.6) is 0 Å². The highest BCUT2D eigenvalue weighted by molar-refractivity contribution is 5.76. The molecular formula is C16H27N3O. The number of carbonyl (C=O) groups excluding carboxylic acids is 1. The van der Waals surface area contributed by atoms with Crippen LogP contribution in [0.3, 0.4) is 0 Å². The predicted molar refractivity (Wildman–Crippen MR) is 85.1 cm³/mol. The molecule has 0 fully saturated rings. The minimum atomic E-state index is 0.154. The number of carbonyl (C=O) groups is 1. The summed E-state index contributed by atoms with van der Waals surface area (Å²) in [7, 11) is 7.69. The van der Waals surface area contributed by atoms with Gasteiger partial charge >= 0.3 is 0 Å². The van der Waals surface area contributed by atoms with Gasteiger partial charge in [0.2, 0.25) is 5.91 Å². The van der Waals surface area contributed by atoms with Crippen molar-refractivity contribution in [2.75, 3.05) is 33.1 Å². The van der Waals surface area contributed by atoms with E-state index in [-0.39, 0.29) is 11.9 Å². The van der Waals surface area contributed by atoms with Crippen LogP contribution in [0.2, 0.25) is 0 Å². The van der Waals surface area contributed by atoms with Crippen LogP contribution in [-0.2, 0) is 11.3 Å². The maximum absolute atomic E-state index is 11.7. The fraction of sp³-hybridized carbons (Fsp3) is 0.562. The topological polar surface area (TPSA) is 35.6 Å². The molecule has 0 saturated carbocycles. The number of amides is 1. The maximum Gasteiger partial charge on any atom is 0.223 e. The quantitative estimate of drug-likeness (QED) is 0.864. The predicted octanol–water partition coefficient (Wildman–Crippen LogP) is 2.02.